The van der Waals surface area contributed by atoms with Crippen LogP contribution in [0.1, 0.15) is 46.8 Å². The third-order valence-electron chi connectivity index (χ3n) is 5.48. The molecule has 1 amide bonds. The van der Waals surface area contributed by atoms with Crippen LogP contribution >= 0.6 is 11.3 Å². The molecule has 0 radical (unpaired) electrons. The number of aromatic nitrogens is 2. The Balaban J connectivity index is 1.55. The van der Waals surface area contributed by atoms with Gasteiger partial charge in [-0.15, -0.1) is 11.3 Å². The van der Waals surface area contributed by atoms with Crippen molar-refractivity contribution >= 4 is 28.3 Å². The summed E-state index contributed by atoms with van der Waals surface area (Å²) in [4.78, 5) is 35.3. The Morgan fingerprint density at radius 2 is 2.25 bits per heavy atom. The van der Waals surface area contributed by atoms with E-state index in [9.17, 15) is 9.59 Å². The number of aryl methyl sites for hydroxylation is 1. The lowest BCUT2D eigenvalue weighted by Gasteiger charge is -2.36. The third-order valence-corrected chi connectivity index (χ3v) is 6.46. The molecule has 28 heavy (non-hydrogen) atoms. The highest BCUT2D eigenvalue weighted by Crippen LogP contribution is 2.29. The van der Waals surface area contributed by atoms with E-state index in [2.05, 4.69) is 38.6 Å². The van der Waals surface area contributed by atoms with Crippen molar-refractivity contribution in [1.29, 1.82) is 0 Å². The first-order valence-corrected chi connectivity index (χ1v) is 10.4. The lowest BCUT2D eigenvalue weighted by molar-refractivity contribution is 0.0914. The van der Waals surface area contributed by atoms with Crippen molar-refractivity contribution in [2.45, 2.75) is 32.7 Å². The van der Waals surface area contributed by atoms with Gasteiger partial charge in [-0.3, -0.25) is 14.5 Å². The van der Waals surface area contributed by atoms with Gasteiger partial charge in [0, 0.05) is 11.4 Å². The number of carbonyl (C=O) groups is 1. The quantitative estimate of drug-likeness (QED) is 0.687. The number of hydrogen-bond donors (Lipinski definition) is 2. The minimum absolute atomic E-state index is 0.131. The fraction of sp³-hybridized carbons (Fsp3) is 0.450. The zero-order valence-electron chi connectivity index (χ0n) is 16.0. The topological polar surface area (TPSA) is 91.2 Å². The van der Waals surface area contributed by atoms with Crippen LogP contribution in [0, 0.1) is 12.8 Å². The Hall–Kier alpha value is -2.45. The van der Waals surface area contributed by atoms with Crippen LogP contribution in [0.25, 0.3) is 11.1 Å². The van der Waals surface area contributed by atoms with E-state index < -0.39 is 0 Å². The van der Waals surface area contributed by atoms with Gasteiger partial charge in [-0.2, -0.15) is 0 Å². The molecule has 4 heterocycles. The van der Waals surface area contributed by atoms with Gasteiger partial charge in [-0.05, 0) is 50.2 Å². The fourth-order valence-electron chi connectivity index (χ4n) is 3.84. The van der Waals surface area contributed by atoms with E-state index >= 15 is 0 Å². The normalized spacial score (nSPS) is 17.1. The maximum atomic E-state index is 12.9. The number of furan rings is 1. The molecule has 148 valence electrons. The molecule has 3 aromatic heterocycles. The van der Waals surface area contributed by atoms with Gasteiger partial charge in [0.1, 0.15) is 11.1 Å². The van der Waals surface area contributed by atoms with Crippen LogP contribution < -0.4 is 10.9 Å². The number of nitrogens with zero attached hydrogens (tertiary/aromatic N) is 2. The molecule has 1 saturated heterocycles. The lowest BCUT2D eigenvalue weighted by atomic mass is 9.97. The molecule has 8 heteroatoms. The summed E-state index contributed by atoms with van der Waals surface area (Å²) in [7, 11) is 0. The molecule has 0 bridgehead atoms. The van der Waals surface area contributed by atoms with E-state index in [4.69, 9.17) is 4.42 Å². The monoisotopic (exact) mass is 400 g/mol. The van der Waals surface area contributed by atoms with Gasteiger partial charge in [0.25, 0.3) is 11.5 Å². The van der Waals surface area contributed by atoms with Crippen LogP contribution in [0.15, 0.2) is 33.1 Å². The molecule has 4 rings (SSSR count). The molecule has 0 spiro atoms. The number of aromatic amines is 1. The van der Waals surface area contributed by atoms with Crippen molar-refractivity contribution in [3.8, 4) is 0 Å². The van der Waals surface area contributed by atoms with E-state index in [0.29, 0.717) is 12.3 Å². The highest BCUT2D eigenvalue weighted by atomic mass is 32.1. The van der Waals surface area contributed by atoms with Crippen molar-refractivity contribution in [2.75, 3.05) is 19.6 Å². The van der Waals surface area contributed by atoms with Gasteiger partial charge in [0.15, 0.2) is 0 Å². The number of rotatable bonds is 5. The van der Waals surface area contributed by atoms with Gasteiger partial charge >= 0.3 is 0 Å². The number of amides is 1. The molecule has 1 fully saturated rings. The number of nitrogens with one attached hydrogen (secondary N) is 2. The summed E-state index contributed by atoms with van der Waals surface area (Å²) in [6.07, 6.45) is 3.62. The Morgan fingerprint density at radius 3 is 2.96 bits per heavy atom. The third kappa shape index (κ3) is 3.62. The zero-order chi connectivity index (χ0) is 19.7. The van der Waals surface area contributed by atoms with E-state index in [1.165, 1.54) is 24.0 Å². The largest absolute Gasteiger partial charge is 0.442 e. The van der Waals surface area contributed by atoms with E-state index in [1.807, 2.05) is 6.07 Å². The first kappa shape index (κ1) is 18.9. The van der Waals surface area contributed by atoms with Crippen LogP contribution in [0.3, 0.4) is 0 Å². The molecule has 3 aromatic rings. The van der Waals surface area contributed by atoms with Crippen LogP contribution in [0.4, 0.5) is 0 Å². The maximum absolute atomic E-state index is 12.9. The Labute approximate surface area is 166 Å². The SMILES string of the molecule is Cc1oc2nc[nH]c(=O)c2c1C(=O)NCC(c1cccs1)N1CCC(C)CC1. The summed E-state index contributed by atoms with van der Waals surface area (Å²) < 4.78 is 5.51. The first-order valence-electron chi connectivity index (χ1n) is 9.57. The average molecular weight is 401 g/mol. The first-order chi connectivity index (χ1) is 13.5. The van der Waals surface area contributed by atoms with Crippen molar-refractivity contribution < 1.29 is 9.21 Å². The highest BCUT2D eigenvalue weighted by molar-refractivity contribution is 7.10. The summed E-state index contributed by atoms with van der Waals surface area (Å²) >= 11 is 1.71. The second-order valence-corrected chi connectivity index (χ2v) is 8.38. The average Bonchev–Trinajstić information content (AvgIpc) is 3.31. The van der Waals surface area contributed by atoms with Crippen molar-refractivity contribution in [1.82, 2.24) is 20.2 Å². The fourth-order valence-corrected chi connectivity index (χ4v) is 4.70. The molecule has 1 unspecified atom stereocenters. The predicted molar refractivity (Wildman–Crippen MR) is 109 cm³/mol. The summed E-state index contributed by atoms with van der Waals surface area (Å²) in [6, 6.07) is 4.29. The Kier molecular flexibility index (Phi) is 5.32. The summed E-state index contributed by atoms with van der Waals surface area (Å²) in [6.45, 7) is 6.50. The van der Waals surface area contributed by atoms with E-state index in [1.54, 1.807) is 18.3 Å². The van der Waals surface area contributed by atoms with Crippen LogP contribution in [-0.4, -0.2) is 40.4 Å². The van der Waals surface area contributed by atoms with Gasteiger partial charge in [0.2, 0.25) is 5.71 Å². The molecule has 7 nitrogen and oxygen atoms in total. The van der Waals surface area contributed by atoms with Gasteiger partial charge in [-0.25, -0.2) is 4.98 Å². The molecule has 0 aliphatic carbocycles. The number of piperidine rings is 1. The highest BCUT2D eigenvalue weighted by Gasteiger charge is 2.27. The van der Waals surface area contributed by atoms with E-state index in [-0.39, 0.29) is 34.2 Å². The Morgan fingerprint density at radius 1 is 1.46 bits per heavy atom. The van der Waals surface area contributed by atoms with Crippen LogP contribution in [0.2, 0.25) is 0 Å². The van der Waals surface area contributed by atoms with Gasteiger partial charge in [-0.1, -0.05) is 13.0 Å². The Bertz CT molecular complexity index is 1020. The zero-order valence-corrected chi connectivity index (χ0v) is 16.8. The van der Waals surface area contributed by atoms with Crippen molar-refractivity contribution in [3.05, 3.63) is 50.4 Å². The summed E-state index contributed by atoms with van der Waals surface area (Å²) in [5.41, 5.74) is 0.0830. The number of carbonyl (C=O) groups excluding carboxylic acids is 1. The number of likely N-dealkylation sites (tertiary alicyclic amines) is 1. The molecular weight excluding hydrogens is 376 g/mol. The summed E-state index contributed by atoms with van der Waals surface area (Å²) in [5, 5.41) is 5.30. The number of fused-ring (bicyclic) bond motifs is 1. The standard InChI is InChI=1S/C20H24N4O3S/c1-12-5-7-24(8-6-12)14(15-4-3-9-28-15)10-21-18(25)16-13(2)27-20-17(16)19(26)22-11-23-20/h3-4,9,11-12,14H,5-8,10H2,1-2H3,(H,21,25)(H,22,23,26). The molecular formula is C20H24N4O3S. The van der Waals surface area contributed by atoms with Crippen molar-refractivity contribution in [2.24, 2.45) is 5.92 Å². The second-order valence-electron chi connectivity index (χ2n) is 7.40. The number of thiophene rings is 1. The molecule has 1 aliphatic rings. The predicted octanol–water partition coefficient (Wildman–Crippen LogP) is 3.09. The lowest BCUT2D eigenvalue weighted by Crippen LogP contribution is -2.41. The number of H-pyrrole nitrogens is 1. The maximum Gasteiger partial charge on any atom is 0.262 e. The minimum Gasteiger partial charge on any atom is -0.442 e. The van der Waals surface area contributed by atoms with Gasteiger partial charge in [0.05, 0.1) is 17.9 Å². The van der Waals surface area contributed by atoms with Gasteiger partial charge < -0.3 is 14.7 Å². The molecule has 2 N–H and O–H groups in total. The summed E-state index contributed by atoms with van der Waals surface area (Å²) in [5.74, 6) is 0.840. The smallest absolute Gasteiger partial charge is 0.262 e. The molecule has 0 saturated carbocycles. The van der Waals surface area contributed by atoms with Crippen LogP contribution in [0.5, 0.6) is 0 Å². The van der Waals surface area contributed by atoms with Crippen molar-refractivity contribution in [3.63, 3.8) is 0 Å². The molecule has 1 aliphatic heterocycles. The van der Waals surface area contributed by atoms with E-state index in [0.717, 1.165) is 19.0 Å². The molecule has 0 aromatic carbocycles. The second kappa shape index (κ2) is 7.89. The van der Waals surface area contributed by atoms with Crippen LogP contribution in [-0.2, 0) is 0 Å². The minimum atomic E-state index is -0.369. The number of hydrogen-bond acceptors (Lipinski definition) is 6. The molecule has 1 atom stereocenters.